The summed E-state index contributed by atoms with van der Waals surface area (Å²) in [5.41, 5.74) is 3.27. The van der Waals surface area contributed by atoms with E-state index in [0.29, 0.717) is 0 Å². The summed E-state index contributed by atoms with van der Waals surface area (Å²) < 4.78 is 7.46. The predicted molar refractivity (Wildman–Crippen MR) is 85.9 cm³/mol. The molecule has 0 saturated heterocycles. The van der Waals surface area contributed by atoms with Crippen molar-refractivity contribution in [1.29, 1.82) is 0 Å². The van der Waals surface area contributed by atoms with Crippen LogP contribution in [0.5, 0.6) is 0 Å². The van der Waals surface area contributed by atoms with Gasteiger partial charge in [0.05, 0.1) is 22.7 Å². The van der Waals surface area contributed by atoms with Crippen LogP contribution >= 0.6 is 11.6 Å². The molecule has 116 valence electrons. The van der Waals surface area contributed by atoms with Gasteiger partial charge in [-0.2, -0.15) is 5.10 Å². The molecule has 0 radical (unpaired) electrons. The Bertz CT molecular complexity index is 588. The third-order valence-electron chi connectivity index (χ3n) is 3.82. The Morgan fingerprint density at radius 2 is 2.14 bits per heavy atom. The van der Waals surface area contributed by atoms with Crippen LogP contribution in [0.4, 0.5) is 0 Å². The molecule has 0 fully saturated rings. The minimum atomic E-state index is 0.193. The summed E-state index contributed by atoms with van der Waals surface area (Å²) >= 11 is 6.52. The van der Waals surface area contributed by atoms with E-state index in [1.54, 1.807) is 6.26 Å². The van der Waals surface area contributed by atoms with Gasteiger partial charge < -0.3 is 9.73 Å². The van der Waals surface area contributed by atoms with Gasteiger partial charge in [0.1, 0.15) is 5.76 Å². The number of hydrogen-bond donors (Lipinski definition) is 1. The van der Waals surface area contributed by atoms with Crippen LogP contribution in [0.2, 0.25) is 5.02 Å². The molecule has 21 heavy (non-hydrogen) atoms. The lowest BCUT2D eigenvalue weighted by Gasteiger charge is -2.18. The number of halogens is 1. The first-order chi connectivity index (χ1) is 10.1. The van der Waals surface area contributed by atoms with Gasteiger partial charge in [0.25, 0.3) is 0 Å². The SMILES string of the molecule is CCNC(Cc1c(Cl)c(CC)nn1CC)c1ccoc1C. The summed E-state index contributed by atoms with van der Waals surface area (Å²) in [5.74, 6) is 0.954. The molecule has 1 N–H and O–H groups in total. The highest BCUT2D eigenvalue weighted by Gasteiger charge is 2.21. The second kappa shape index (κ2) is 7.14. The van der Waals surface area contributed by atoms with Crippen molar-refractivity contribution in [3.8, 4) is 0 Å². The van der Waals surface area contributed by atoms with E-state index in [1.165, 1.54) is 5.56 Å². The lowest BCUT2D eigenvalue weighted by Crippen LogP contribution is -2.24. The van der Waals surface area contributed by atoms with Crippen LogP contribution in [0.15, 0.2) is 16.7 Å². The fourth-order valence-electron chi connectivity index (χ4n) is 2.70. The first kappa shape index (κ1) is 16.1. The van der Waals surface area contributed by atoms with Crippen LogP contribution in [0.25, 0.3) is 0 Å². The van der Waals surface area contributed by atoms with Crippen molar-refractivity contribution in [1.82, 2.24) is 15.1 Å². The van der Waals surface area contributed by atoms with E-state index in [0.717, 1.165) is 48.1 Å². The molecule has 5 heteroatoms. The highest BCUT2D eigenvalue weighted by molar-refractivity contribution is 6.31. The molecular formula is C16H24ClN3O. The molecule has 2 aromatic heterocycles. The predicted octanol–water partition coefficient (Wildman–Crippen LogP) is 3.91. The molecule has 0 saturated carbocycles. The molecule has 0 aliphatic carbocycles. The van der Waals surface area contributed by atoms with E-state index in [-0.39, 0.29) is 6.04 Å². The van der Waals surface area contributed by atoms with Crippen LogP contribution < -0.4 is 5.32 Å². The molecule has 0 amide bonds. The molecule has 0 bridgehead atoms. The van der Waals surface area contributed by atoms with Gasteiger partial charge in [0, 0.05) is 24.6 Å². The minimum absolute atomic E-state index is 0.193. The fourth-order valence-corrected chi connectivity index (χ4v) is 3.05. The average Bonchev–Trinajstić information content (AvgIpc) is 3.03. The highest BCUT2D eigenvalue weighted by atomic mass is 35.5. The molecule has 2 heterocycles. The zero-order valence-electron chi connectivity index (χ0n) is 13.2. The third kappa shape index (κ3) is 3.33. The lowest BCUT2D eigenvalue weighted by molar-refractivity contribution is 0.489. The number of aromatic nitrogens is 2. The van der Waals surface area contributed by atoms with E-state index in [4.69, 9.17) is 16.0 Å². The number of aryl methyl sites for hydroxylation is 3. The van der Waals surface area contributed by atoms with Gasteiger partial charge in [-0.15, -0.1) is 0 Å². The Balaban J connectivity index is 2.33. The van der Waals surface area contributed by atoms with Crippen molar-refractivity contribution in [2.24, 2.45) is 0 Å². The van der Waals surface area contributed by atoms with E-state index >= 15 is 0 Å². The molecule has 1 unspecified atom stereocenters. The Hall–Kier alpha value is -1.26. The number of rotatable bonds is 7. The molecule has 0 spiro atoms. The van der Waals surface area contributed by atoms with E-state index in [2.05, 4.69) is 31.2 Å². The highest BCUT2D eigenvalue weighted by Crippen LogP contribution is 2.28. The molecular weight excluding hydrogens is 286 g/mol. The van der Waals surface area contributed by atoms with Gasteiger partial charge in [0.15, 0.2) is 0 Å². The lowest BCUT2D eigenvalue weighted by atomic mass is 10.0. The van der Waals surface area contributed by atoms with Gasteiger partial charge in [0.2, 0.25) is 0 Å². The normalized spacial score (nSPS) is 12.8. The van der Waals surface area contributed by atoms with Crippen molar-refractivity contribution in [3.05, 3.63) is 40.1 Å². The van der Waals surface area contributed by atoms with Crippen molar-refractivity contribution in [2.75, 3.05) is 6.54 Å². The number of furan rings is 1. The summed E-state index contributed by atoms with van der Waals surface area (Å²) in [6.45, 7) is 10.0. The number of nitrogens with zero attached hydrogens (tertiary/aromatic N) is 2. The van der Waals surface area contributed by atoms with Gasteiger partial charge in [-0.3, -0.25) is 4.68 Å². The summed E-state index contributed by atoms with van der Waals surface area (Å²) in [5, 5.41) is 8.93. The molecule has 4 nitrogen and oxygen atoms in total. The summed E-state index contributed by atoms with van der Waals surface area (Å²) in [4.78, 5) is 0. The summed E-state index contributed by atoms with van der Waals surface area (Å²) in [6, 6.07) is 2.22. The average molecular weight is 310 g/mol. The van der Waals surface area contributed by atoms with E-state index in [9.17, 15) is 0 Å². The van der Waals surface area contributed by atoms with Crippen molar-refractivity contribution < 1.29 is 4.42 Å². The van der Waals surface area contributed by atoms with Crippen molar-refractivity contribution in [3.63, 3.8) is 0 Å². The van der Waals surface area contributed by atoms with Gasteiger partial charge >= 0.3 is 0 Å². The van der Waals surface area contributed by atoms with Crippen molar-refractivity contribution in [2.45, 2.75) is 53.1 Å². The van der Waals surface area contributed by atoms with Crippen molar-refractivity contribution >= 4 is 11.6 Å². The first-order valence-corrected chi connectivity index (χ1v) is 8.01. The van der Waals surface area contributed by atoms with Crippen LogP contribution in [0.3, 0.4) is 0 Å². The van der Waals surface area contributed by atoms with Gasteiger partial charge in [-0.05, 0) is 32.9 Å². The molecule has 2 aromatic rings. The Labute approximate surface area is 131 Å². The van der Waals surface area contributed by atoms with Crippen LogP contribution in [-0.4, -0.2) is 16.3 Å². The number of nitrogens with one attached hydrogen (secondary N) is 1. The Morgan fingerprint density at radius 1 is 1.38 bits per heavy atom. The zero-order valence-corrected chi connectivity index (χ0v) is 14.0. The summed E-state index contributed by atoms with van der Waals surface area (Å²) in [7, 11) is 0. The van der Waals surface area contributed by atoms with Crippen LogP contribution in [0, 0.1) is 6.92 Å². The first-order valence-electron chi connectivity index (χ1n) is 7.63. The molecule has 0 aromatic carbocycles. The van der Waals surface area contributed by atoms with Gasteiger partial charge in [-0.1, -0.05) is 25.4 Å². The minimum Gasteiger partial charge on any atom is -0.469 e. The smallest absolute Gasteiger partial charge is 0.105 e. The number of hydrogen-bond acceptors (Lipinski definition) is 3. The maximum Gasteiger partial charge on any atom is 0.105 e. The van der Waals surface area contributed by atoms with Crippen LogP contribution in [0.1, 0.15) is 49.5 Å². The standard InChI is InChI=1S/C16H24ClN3O/c1-5-13-16(17)15(20(7-3)19-13)10-14(18-6-2)12-8-9-21-11(12)4/h8-9,14,18H,5-7,10H2,1-4H3. The monoisotopic (exact) mass is 309 g/mol. The quantitative estimate of drug-likeness (QED) is 0.843. The second-order valence-electron chi connectivity index (χ2n) is 5.12. The van der Waals surface area contributed by atoms with E-state index < -0.39 is 0 Å². The number of likely N-dealkylation sites (N-methyl/N-ethyl adjacent to an activating group) is 1. The molecule has 1 atom stereocenters. The third-order valence-corrected chi connectivity index (χ3v) is 4.25. The Kier molecular flexibility index (Phi) is 5.48. The van der Waals surface area contributed by atoms with Crippen LogP contribution in [-0.2, 0) is 19.4 Å². The van der Waals surface area contributed by atoms with Gasteiger partial charge in [-0.25, -0.2) is 0 Å². The molecule has 2 rings (SSSR count). The maximum atomic E-state index is 6.52. The second-order valence-corrected chi connectivity index (χ2v) is 5.50. The molecule has 0 aliphatic rings. The fraction of sp³-hybridized carbons (Fsp3) is 0.562. The molecule has 0 aliphatic heterocycles. The largest absolute Gasteiger partial charge is 0.469 e. The maximum absolute atomic E-state index is 6.52. The Morgan fingerprint density at radius 3 is 2.67 bits per heavy atom. The zero-order chi connectivity index (χ0) is 15.4. The topological polar surface area (TPSA) is 43.0 Å². The van der Waals surface area contributed by atoms with E-state index in [1.807, 2.05) is 17.7 Å². The summed E-state index contributed by atoms with van der Waals surface area (Å²) in [6.07, 6.45) is 3.41.